The van der Waals surface area contributed by atoms with Crippen LogP contribution in [0.1, 0.15) is 17.0 Å². The topological polar surface area (TPSA) is 96.8 Å². The number of nitrogens with zero attached hydrogens (tertiary/aromatic N) is 6. The van der Waals surface area contributed by atoms with Gasteiger partial charge in [0.1, 0.15) is 22.8 Å². The van der Waals surface area contributed by atoms with E-state index >= 15 is 0 Å². The predicted octanol–water partition coefficient (Wildman–Crippen LogP) is 1.78. The molecule has 1 aromatic carbocycles. The number of H-pyrrole nitrogens is 1. The van der Waals surface area contributed by atoms with Gasteiger partial charge in [0.15, 0.2) is 5.82 Å². The van der Waals surface area contributed by atoms with Crippen molar-refractivity contribution in [2.45, 2.75) is 18.1 Å². The molecule has 1 saturated heterocycles. The molecule has 2 aromatic heterocycles. The molecule has 1 fully saturated rings. The Balaban J connectivity index is 1.66. The first-order valence-electron chi connectivity index (χ1n) is 8.76. The van der Waals surface area contributed by atoms with Gasteiger partial charge in [-0.1, -0.05) is 12.1 Å². The second kappa shape index (κ2) is 6.26. The molecule has 0 aliphatic carbocycles. The van der Waals surface area contributed by atoms with E-state index in [0.717, 1.165) is 23.4 Å². The highest BCUT2D eigenvalue weighted by Gasteiger charge is 2.45. The quantitative estimate of drug-likeness (QED) is 0.697. The number of benzene rings is 1. The molecular formula is C18H17N7O2. The van der Waals surface area contributed by atoms with Gasteiger partial charge in [-0.05, 0) is 29.0 Å². The van der Waals surface area contributed by atoms with Crippen molar-refractivity contribution in [1.82, 2.24) is 25.4 Å². The van der Waals surface area contributed by atoms with Crippen LogP contribution in [0.5, 0.6) is 0 Å². The van der Waals surface area contributed by atoms with Gasteiger partial charge < -0.3 is 14.5 Å². The van der Waals surface area contributed by atoms with Gasteiger partial charge in [-0.3, -0.25) is 5.10 Å². The number of rotatable bonds is 2. The predicted molar refractivity (Wildman–Crippen MR) is 97.0 cm³/mol. The van der Waals surface area contributed by atoms with Crippen LogP contribution in [0.3, 0.4) is 0 Å². The van der Waals surface area contributed by atoms with E-state index in [1.54, 1.807) is 6.20 Å². The third-order valence-electron chi connectivity index (χ3n) is 5.23. The van der Waals surface area contributed by atoms with E-state index in [4.69, 9.17) is 20.9 Å². The minimum absolute atomic E-state index is 0.226. The van der Waals surface area contributed by atoms with Gasteiger partial charge >= 0.3 is 0 Å². The highest BCUT2D eigenvalue weighted by atomic mass is 16.6. The third-order valence-corrected chi connectivity index (χ3v) is 5.23. The number of hydrogen-bond donors (Lipinski definition) is 1. The summed E-state index contributed by atoms with van der Waals surface area (Å²) >= 11 is 0. The van der Waals surface area contributed by atoms with Crippen molar-refractivity contribution in [2.75, 3.05) is 26.7 Å². The van der Waals surface area contributed by atoms with Gasteiger partial charge in [0.2, 0.25) is 0 Å². The molecule has 2 aliphatic rings. The first-order valence-corrected chi connectivity index (χ1v) is 8.76. The minimum atomic E-state index is -0.506. The Hall–Kier alpha value is -3.09. The first-order chi connectivity index (χ1) is 13.3. The zero-order chi connectivity index (χ0) is 18.4. The van der Waals surface area contributed by atoms with Crippen molar-refractivity contribution in [3.05, 3.63) is 46.9 Å². The van der Waals surface area contributed by atoms with Crippen molar-refractivity contribution in [3.8, 4) is 0 Å². The molecule has 0 bridgehead atoms. The Kier molecular flexibility index (Phi) is 3.74. The number of aromatic amines is 1. The molecule has 3 unspecified atom stereocenters. The van der Waals surface area contributed by atoms with Gasteiger partial charge in [0.25, 0.3) is 6.04 Å². The lowest BCUT2D eigenvalue weighted by molar-refractivity contribution is 0.0160. The van der Waals surface area contributed by atoms with E-state index in [1.165, 1.54) is 0 Å². The number of hydrogen-bond acceptors (Lipinski definition) is 7. The molecule has 136 valence electrons. The summed E-state index contributed by atoms with van der Waals surface area (Å²) in [4.78, 5) is 10.9. The third kappa shape index (κ3) is 2.53. The fraction of sp³-hybridized carbons (Fsp3) is 0.389. The van der Waals surface area contributed by atoms with Gasteiger partial charge in [-0.15, -0.1) is 0 Å². The first kappa shape index (κ1) is 16.1. The summed E-state index contributed by atoms with van der Waals surface area (Å²) < 4.78 is 10.9. The van der Waals surface area contributed by atoms with Crippen molar-refractivity contribution in [1.29, 1.82) is 0 Å². The van der Waals surface area contributed by atoms with E-state index in [1.807, 2.05) is 25.2 Å². The van der Waals surface area contributed by atoms with Crippen LogP contribution in [-0.2, 0) is 4.74 Å². The van der Waals surface area contributed by atoms with E-state index in [9.17, 15) is 0 Å². The van der Waals surface area contributed by atoms with E-state index < -0.39 is 6.04 Å². The van der Waals surface area contributed by atoms with Gasteiger partial charge in [-0.2, -0.15) is 5.10 Å². The lowest BCUT2D eigenvalue weighted by Gasteiger charge is -2.33. The second-order valence-electron chi connectivity index (χ2n) is 6.86. The molecule has 1 N–H and O–H groups in total. The molecule has 9 nitrogen and oxygen atoms in total. The minimum Gasteiger partial charge on any atom is -0.369 e. The summed E-state index contributed by atoms with van der Waals surface area (Å²) in [5.41, 5.74) is 3.81. The number of nitrogens with one attached hydrogen (secondary N) is 1. The Bertz CT molecular complexity index is 1060. The highest BCUT2D eigenvalue weighted by molar-refractivity contribution is 6.00. The summed E-state index contributed by atoms with van der Waals surface area (Å²) in [7, 11) is 2.05. The number of morpholine rings is 1. The van der Waals surface area contributed by atoms with Crippen molar-refractivity contribution >= 4 is 22.6 Å². The lowest BCUT2D eigenvalue weighted by Crippen LogP contribution is -2.48. The molecule has 9 heteroatoms. The molecule has 5 rings (SSSR count). The smallest absolute Gasteiger partial charge is 0.275 e. The largest absolute Gasteiger partial charge is 0.369 e. The lowest BCUT2D eigenvalue weighted by atomic mass is 9.80. The van der Waals surface area contributed by atoms with Crippen molar-refractivity contribution in [2.24, 2.45) is 4.99 Å². The SMILES string of the molecule is [C-]#[N+]C1C(C2CN(C)CCO2)=Nc2[nH]ncc2C1c1cccc2nonc12. The van der Waals surface area contributed by atoms with Gasteiger partial charge in [0.05, 0.1) is 18.7 Å². The molecule has 4 heterocycles. The number of ether oxygens (including phenoxy) is 1. The monoisotopic (exact) mass is 363 g/mol. The molecule has 2 aliphatic heterocycles. The summed E-state index contributed by atoms with van der Waals surface area (Å²) in [5, 5.41) is 15.1. The maximum atomic E-state index is 7.93. The maximum Gasteiger partial charge on any atom is 0.275 e. The van der Waals surface area contributed by atoms with Crippen LogP contribution in [0.2, 0.25) is 0 Å². The van der Waals surface area contributed by atoms with Gasteiger partial charge in [-0.25, -0.2) is 16.2 Å². The molecule has 3 aromatic rings. The van der Waals surface area contributed by atoms with Crippen LogP contribution in [-0.4, -0.2) is 70.0 Å². The van der Waals surface area contributed by atoms with E-state index in [2.05, 4.69) is 30.3 Å². The molecular weight excluding hydrogens is 346 g/mol. The van der Waals surface area contributed by atoms with Gasteiger partial charge in [0, 0.05) is 18.7 Å². The van der Waals surface area contributed by atoms with E-state index in [-0.39, 0.29) is 12.0 Å². The summed E-state index contributed by atoms with van der Waals surface area (Å²) in [6.07, 6.45) is 1.51. The van der Waals surface area contributed by atoms with Crippen LogP contribution >= 0.6 is 0 Å². The van der Waals surface area contributed by atoms with Crippen molar-refractivity contribution in [3.63, 3.8) is 0 Å². The van der Waals surface area contributed by atoms with Crippen LogP contribution < -0.4 is 0 Å². The number of likely N-dealkylation sites (N-methyl/N-ethyl adjacent to an activating group) is 1. The normalized spacial score (nSPS) is 25.8. The Morgan fingerprint density at radius 3 is 3.07 bits per heavy atom. The summed E-state index contributed by atoms with van der Waals surface area (Å²) in [6, 6.07) is 5.20. The molecule has 27 heavy (non-hydrogen) atoms. The fourth-order valence-electron chi connectivity index (χ4n) is 3.92. The van der Waals surface area contributed by atoms with E-state index in [0.29, 0.717) is 30.0 Å². The second-order valence-corrected chi connectivity index (χ2v) is 6.86. The average Bonchev–Trinajstić information content (AvgIpc) is 3.35. The Labute approximate surface area is 154 Å². The fourth-order valence-corrected chi connectivity index (χ4v) is 3.92. The standard InChI is InChI=1S/C18H17N7O2/c1-19-17-14(10-4-3-5-12-15(10)24-27-23-12)11-8-20-22-18(11)21-16(17)13-9-25(2)6-7-26-13/h3-5,8,13-14,17H,6-7,9H2,2H3,(H,20,22). The van der Waals surface area contributed by atoms with Crippen LogP contribution in [0, 0.1) is 6.57 Å². The average molecular weight is 363 g/mol. The Morgan fingerprint density at radius 1 is 1.30 bits per heavy atom. The number of fused-ring (bicyclic) bond motifs is 2. The molecule has 0 saturated carbocycles. The van der Waals surface area contributed by atoms with Crippen LogP contribution in [0.15, 0.2) is 34.0 Å². The molecule has 0 amide bonds. The van der Waals surface area contributed by atoms with Crippen molar-refractivity contribution < 1.29 is 9.37 Å². The molecule has 0 radical (unpaired) electrons. The molecule has 3 atom stereocenters. The molecule has 0 spiro atoms. The van der Waals surface area contributed by atoms with Crippen LogP contribution in [0.25, 0.3) is 15.9 Å². The highest BCUT2D eigenvalue weighted by Crippen LogP contribution is 2.42. The summed E-state index contributed by atoms with van der Waals surface area (Å²) in [6.45, 7) is 10.1. The zero-order valence-electron chi connectivity index (χ0n) is 14.7. The van der Waals surface area contributed by atoms with Crippen LogP contribution in [0.4, 0.5) is 5.82 Å². The number of aromatic nitrogens is 4. The number of aliphatic imine (C=N–C) groups is 1. The maximum absolute atomic E-state index is 7.93. The Morgan fingerprint density at radius 2 is 2.22 bits per heavy atom. The summed E-state index contributed by atoms with van der Waals surface area (Å²) in [5.74, 6) is 0.398. The zero-order valence-corrected chi connectivity index (χ0v) is 14.7.